The van der Waals surface area contributed by atoms with Crippen molar-refractivity contribution in [1.29, 1.82) is 0 Å². The van der Waals surface area contributed by atoms with Gasteiger partial charge in [-0.3, -0.25) is 14.7 Å². The van der Waals surface area contributed by atoms with E-state index in [-0.39, 0.29) is 12.5 Å². The first-order valence-corrected chi connectivity index (χ1v) is 11.7. The van der Waals surface area contributed by atoms with Crippen molar-refractivity contribution in [3.05, 3.63) is 59.7 Å². The summed E-state index contributed by atoms with van der Waals surface area (Å²) in [5.74, 6) is 1.50. The Balaban J connectivity index is 1.33. The fourth-order valence-electron chi connectivity index (χ4n) is 3.64. The molecule has 0 N–H and O–H groups in total. The summed E-state index contributed by atoms with van der Waals surface area (Å²) >= 11 is 5.92. The molecule has 10 heteroatoms. The predicted molar refractivity (Wildman–Crippen MR) is 127 cm³/mol. The summed E-state index contributed by atoms with van der Waals surface area (Å²) in [6, 6.07) is 10.6. The Morgan fingerprint density at radius 3 is 2.62 bits per heavy atom. The molecule has 1 amide bonds. The van der Waals surface area contributed by atoms with Crippen LogP contribution in [0.3, 0.4) is 0 Å². The Kier molecular flexibility index (Phi) is 8.84. The smallest absolute Gasteiger partial charge is 0.260 e. The van der Waals surface area contributed by atoms with E-state index in [4.69, 9.17) is 25.6 Å². The summed E-state index contributed by atoms with van der Waals surface area (Å²) in [5.41, 5.74) is 0.833. The number of hydrogen-bond acceptors (Lipinski definition) is 8. The maximum absolute atomic E-state index is 13.0. The summed E-state index contributed by atoms with van der Waals surface area (Å²) in [6.07, 6.45) is 4.68. The third-order valence-electron chi connectivity index (χ3n) is 5.54. The first-order chi connectivity index (χ1) is 16.7. The molecule has 180 valence electrons. The van der Waals surface area contributed by atoms with Crippen LogP contribution in [0.5, 0.6) is 5.75 Å². The van der Waals surface area contributed by atoms with Crippen LogP contribution in [0, 0.1) is 0 Å². The van der Waals surface area contributed by atoms with E-state index < -0.39 is 0 Å². The molecule has 1 saturated heterocycles. The second kappa shape index (κ2) is 12.5. The molecule has 3 heterocycles. The van der Waals surface area contributed by atoms with Crippen LogP contribution in [0.4, 0.5) is 0 Å². The number of halogens is 1. The number of carbonyl (C=O) groups excluding carboxylic acids is 1. The lowest BCUT2D eigenvalue weighted by molar-refractivity contribution is -0.133. The Morgan fingerprint density at radius 2 is 1.85 bits per heavy atom. The SMILES string of the molecule is O=C(COc1ccc(Cl)cc1)N(CCCN1CCOCC1)CCc1nc(-c2ccncc2)no1. The van der Waals surface area contributed by atoms with Crippen LogP contribution in [0.2, 0.25) is 5.02 Å². The molecule has 9 nitrogen and oxygen atoms in total. The van der Waals surface area contributed by atoms with Crippen molar-refractivity contribution in [2.45, 2.75) is 12.8 Å². The molecule has 0 unspecified atom stereocenters. The maximum Gasteiger partial charge on any atom is 0.260 e. The van der Waals surface area contributed by atoms with E-state index in [1.165, 1.54) is 0 Å². The molecule has 0 radical (unpaired) electrons. The molecule has 1 aromatic carbocycles. The van der Waals surface area contributed by atoms with Crippen LogP contribution in [0.25, 0.3) is 11.4 Å². The minimum Gasteiger partial charge on any atom is -0.484 e. The van der Waals surface area contributed by atoms with Gasteiger partial charge in [0.25, 0.3) is 5.91 Å². The van der Waals surface area contributed by atoms with Gasteiger partial charge >= 0.3 is 0 Å². The molecule has 1 aliphatic heterocycles. The zero-order valence-corrected chi connectivity index (χ0v) is 19.7. The van der Waals surface area contributed by atoms with Crippen molar-refractivity contribution in [2.24, 2.45) is 0 Å². The molecule has 1 aliphatic rings. The second-order valence-corrected chi connectivity index (χ2v) is 8.36. The summed E-state index contributed by atoms with van der Waals surface area (Å²) in [7, 11) is 0. The molecule has 3 aromatic rings. The van der Waals surface area contributed by atoms with Gasteiger partial charge in [-0.1, -0.05) is 16.8 Å². The minimum absolute atomic E-state index is 0.0503. The number of carbonyl (C=O) groups is 1. The van der Waals surface area contributed by atoms with Crippen molar-refractivity contribution in [3.8, 4) is 17.1 Å². The third-order valence-corrected chi connectivity index (χ3v) is 5.79. The van der Waals surface area contributed by atoms with Crippen LogP contribution in [0.15, 0.2) is 53.3 Å². The highest BCUT2D eigenvalue weighted by molar-refractivity contribution is 6.30. The fourth-order valence-corrected chi connectivity index (χ4v) is 3.77. The van der Waals surface area contributed by atoms with Gasteiger partial charge in [-0.05, 0) is 42.8 Å². The van der Waals surface area contributed by atoms with E-state index in [0.717, 1.165) is 44.8 Å². The number of nitrogens with zero attached hydrogens (tertiary/aromatic N) is 5. The normalized spacial score (nSPS) is 14.1. The summed E-state index contributed by atoms with van der Waals surface area (Å²) in [6.45, 7) is 5.31. The van der Waals surface area contributed by atoms with Crippen LogP contribution >= 0.6 is 11.6 Å². The number of rotatable bonds is 11. The molecular formula is C24H28ClN5O4. The molecular weight excluding hydrogens is 458 g/mol. The van der Waals surface area contributed by atoms with E-state index >= 15 is 0 Å². The number of pyridine rings is 1. The van der Waals surface area contributed by atoms with Crippen molar-refractivity contribution >= 4 is 17.5 Å². The van der Waals surface area contributed by atoms with Crippen molar-refractivity contribution in [1.82, 2.24) is 24.9 Å². The zero-order valence-electron chi connectivity index (χ0n) is 18.9. The van der Waals surface area contributed by atoms with Gasteiger partial charge in [0, 0.05) is 62.1 Å². The highest BCUT2D eigenvalue weighted by Gasteiger charge is 2.18. The number of hydrogen-bond donors (Lipinski definition) is 0. The standard InChI is InChI=1S/C24H28ClN5O4/c25-20-2-4-21(5-3-20)33-18-23(31)30(12-1-11-29-14-16-32-17-15-29)13-8-22-27-24(28-34-22)19-6-9-26-10-7-19/h2-7,9-10H,1,8,11-18H2. The first kappa shape index (κ1) is 24.1. The minimum atomic E-state index is -0.0919. The molecule has 34 heavy (non-hydrogen) atoms. The topological polar surface area (TPSA) is 93.8 Å². The van der Waals surface area contributed by atoms with Gasteiger partial charge in [0.15, 0.2) is 6.61 Å². The maximum atomic E-state index is 13.0. The molecule has 0 saturated carbocycles. The lowest BCUT2D eigenvalue weighted by Crippen LogP contribution is -2.40. The first-order valence-electron chi connectivity index (χ1n) is 11.4. The summed E-state index contributed by atoms with van der Waals surface area (Å²) < 4.78 is 16.5. The van der Waals surface area contributed by atoms with Gasteiger partial charge in [0.1, 0.15) is 5.75 Å². The van der Waals surface area contributed by atoms with Crippen molar-refractivity contribution in [2.75, 3.05) is 52.5 Å². The molecule has 0 bridgehead atoms. The molecule has 4 rings (SSSR count). The molecule has 1 fully saturated rings. The van der Waals surface area contributed by atoms with Gasteiger partial charge in [-0.25, -0.2) is 0 Å². The highest BCUT2D eigenvalue weighted by atomic mass is 35.5. The van der Waals surface area contributed by atoms with Gasteiger partial charge in [0.2, 0.25) is 11.7 Å². The number of ether oxygens (including phenoxy) is 2. The summed E-state index contributed by atoms with van der Waals surface area (Å²) in [4.78, 5) is 25.6. The Labute approximate surface area is 203 Å². The zero-order chi connectivity index (χ0) is 23.6. The van der Waals surface area contributed by atoms with E-state index in [1.807, 2.05) is 12.1 Å². The van der Waals surface area contributed by atoms with Gasteiger partial charge in [0.05, 0.1) is 13.2 Å². The predicted octanol–water partition coefficient (Wildman–Crippen LogP) is 2.96. The Bertz CT molecular complexity index is 1030. The van der Waals surface area contributed by atoms with Crippen molar-refractivity contribution in [3.63, 3.8) is 0 Å². The number of benzene rings is 1. The van der Waals surface area contributed by atoms with Crippen LogP contribution in [-0.4, -0.2) is 83.4 Å². The fraction of sp³-hybridized carbons (Fsp3) is 0.417. The monoisotopic (exact) mass is 485 g/mol. The van der Waals surface area contributed by atoms with E-state index in [1.54, 1.807) is 41.6 Å². The average Bonchev–Trinajstić information content (AvgIpc) is 3.36. The highest BCUT2D eigenvalue weighted by Crippen LogP contribution is 2.16. The van der Waals surface area contributed by atoms with Crippen molar-refractivity contribution < 1.29 is 18.8 Å². The average molecular weight is 486 g/mol. The Morgan fingerprint density at radius 1 is 1.09 bits per heavy atom. The lowest BCUT2D eigenvalue weighted by atomic mass is 10.2. The van der Waals surface area contributed by atoms with Gasteiger partial charge in [-0.15, -0.1) is 0 Å². The third kappa shape index (κ3) is 7.24. The number of aromatic nitrogens is 3. The van der Waals surface area contributed by atoms with Gasteiger partial charge < -0.3 is 18.9 Å². The Hall–Kier alpha value is -3.01. The van der Waals surface area contributed by atoms with Crippen LogP contribution in [0.1, 0.15) is 12.3 Å². The van der Waals surface area contributed by atoms with Crippen LogP contribution < -0.4 is 4.74 Å². The molecule has 2 aromatic heterocycles. The quantitative estimate of drug-likeness (QED) is 0.409. The van der Waals surface area contributed by atoms with E-state index in [0.29, 0.717) is 42.0 Å². The summed E-state index contributed by atoms with van der Waals surface area (Å²) in [5, 5.41) is 4.66. The largest absolute Gasteiger partial charge is 0.484 e. The van der Waals surface area contributed by atoms with E-state index in [2.05, 4.69) is 20.0 Å². The second-order valence-electron chi connectivity index (χ2n) is 7.93. The lowest BCUT2D eigenvalue weighted by Gasteiger charge is -2.28. The van der Waals surface area contributed by atoms with Crippen LogP contribution in [-0.2, 0) is 16.0 Å². The molecule has 0 spiro atoms. The van der Waals surface area contributed by atoms with E-state index in [9.17, 15) is 4.79 Å². The molecule has 0 atom stereocenters. The number of morpholine rings is 1. The number of amides is 1. The van der Waals surface area contributed by atoms with Gasteiger partial charge in [-0.2, -0.15) is 4.98 Å². The molecule has 0 aliphatic carbocycles.